The Labute approximate surface area is 177 Å². The second-order valence-corrected chi connectivity index (χ2v) is 8.41. The summed E-state index contributed by atoms with van der Waals surface area (Å²) in [5.74, 6) is 1.64. The first-order valence-corrected chi connectivity index (χ1v) is 11.0. The summed E-state index contributed by atoms with van der Waals surface area (Å²) >= 11 is 0. The molecule has 0 bridgehead atoms. The van der Waals surface area contributed by atoms with Crippen LogP contribution in [0.15, 0.2) is 36.4 Å². The molecule has 0 aromatic heterocycles. The molecule has 2 aliphatic heterocycles. The zero-order valence-corrected chi connectivity index (χ0v) is 17.2. The molecule has 3 aliphatic rings. The normalized spacial score (nSPS) is 19.6. The summed E-state index contributed by atoms with van der Waals surface area (Å²) in [7, 11) is 0. The van der Waals surface area contributed by atoms with E-state index < -0.39 is 0 Å². The fraction of sp³-hybridized carbons (Fsp3) is 0.440. The molecule has 5 rings (SSSR count). The molecule has 0 N–H and O–H groups in total. The number of nitrogens with zero attached hydrogens (tertiary/aromatic N) is 1. The van der Waals surface area contributed by atoms with Crippen molar-refractivity contribution in [3.05, 3.63) is 58.7 Å². The summed E-state index contributed by atoms with van der Waals surface area (Å²) in [5.41, 5.74) is 4.48. The van der Waals surface area contributed by atoms with E-state index in [4.69, 9.17) is 9.47 Å². The number of Topliss-reactive ketones (excluding diaryl/α,β-unsaturated/α-hetero) is 1. The van der Waals surface area contributed by atoms with Gasteiger partial charge < -0.3 is 14.4 Å². The van der Waals surface area contributed by atoms with Gasteiger partial charge in [0, 0.05) is 24.9 Å². The zero-order valence-electron chi connectivity index (χ0n) is 17.2. The van der Waals surface area contributed by atoms with E-state index in [9.17, 15) is 9.59 Å². The van der Waals surface area contributed by atoms with Gasteiger partial charge >= 0.3 is 0 Å². The molecular weight excluding hydrogens is 378 g/mol. The number of amides is 1. The third kappa shape index (κ3) is 3.69. The summed E-state index contributed by atoms with van der Waals surface area (Å²) < 4.78 is 11.3. The second kappa shape index (κ2) is 8.13. The monoisotopic (exact) mass is 405 g/mol. The Morgan fingerprint density at radius 1 is 0.900 bits per heavy atom. The molecule has 0 unspecified atom stereocenters. The number of aryl methyl sites for hydroxylation is 2. The average molecular weight is 405 g/mol. The number of carbonyl (C=O) groups is 2. The molecule has 156 valence electrons. The van der Waals surface area contributed by atoms with Gasteiger partial charge in [0.2, 0.25) is 5.91 Å². The van der Waals surface area contributed by atoms with Crippen molar-refractivity contribution >= 4 is 11.7 Å². The number of hydrogen-bond acceptors (Lipinski definition) is 4. The van der Waals surface area contributed by atoms with Crippen LogP contribution in [0.5, 0.6) is 11.5 Å². The van der Waals surface area contributed by atoms with Gasteiger partial charge in [0.1, 0.15) is 13.2 Å². The predicted molar refractivity (Wildman–Crippen MR) is 113 cm³/mol. The number of carbonyl (C=O) groups excluding carboxylic acids is 2. The molecule has 0 saturated carbocycles. The van der Waals surface area contributed by atoms with Gasteiger partial charge in [0.15, 0.2) is 17.3 Å². The molecule has 1 aliphatic carbocycles. The van der Waals surface area contributed by atoms with Crippen molar-refractivity contribution in [2.75, 3.05) is 19.8 Å². The summed E-state index contributed by atoms with van der Waals surface area (Å²) in [5, 5.41) is 0. The lowest BCUT2D eigenvalue weighted by Crippen LogP contribution is -2.31. The number of likely N-dealkylation sites (tertiary alicyclic amines) is 1. The molecule has 2 aromatic carbocycles. The highest BCUT2D eigenvalue weighted by Gasteiger charge is 2.31. The van der Waals surface area contributed by atoms with Gasteiger partial charge in [-0.2, -0.15) is 0 Å². The van der Waals surface area contributed by atoms with Gasteiger partial charge in [-0.25, -0.2) is 0 Å². The predicted octanol–water partition coefficient (Wildman–Crippen LogP) is 4.27. The highest BCUT2D eigenvalue weighted by Crippen LogP contribution is 2.38. The first kappa shape index (κ1) is 19.2. The first-order valence-electron chi connectivity index (χ1n) is 11.0. The molecule has 1 saturated heterocycles. The van der Waals surface area contributed by atoms with Gasteiger partial charge in [-0.15, -0.1) is 0 Å². The molecule has 1 amide bonds. The molecule has 0 radical (unpaired) electrons. The van der Waals surface area contributed by atoms with Gasteiger partial charge in [-0.3, -0.25) is 9.59 Å². The standard InChI is InChI=1S/C25H27NO4/c27-22(20-7-6-17-3-1-4-18(17)15-20)9-11-25(28)26-12-2-5-21(26)19-8-10-23-24(16-19)30-14-13-29-23/h6-8,10,15-16,21H,1-5,9,11-14H2/t21-/m1/s1. The third-order valence-electron chi connectivity index (χ3n) is 6.51. The maximum atomic E-state index is 13.0. The van der Waals surface area contributed by atoms with Gasteiger partial charge in [-0.05, 0) is 67.0 Å². The van der Waals surface area contributed by atoms with Crippen LogP contribution < -0.4 is 9.47 Å². The summed E-state index contributed by atoms with van der Waals surface area (Å²) in [4.78, 5) is 27.6. The topological polar surface area (TPSA) is 55.8 Å². The lowest BCUT2D eigenvalue weighted by atomic mass is 10.0. The largest absolute Gasteiger partial charge is 0.486 e. The van der Waals surface area contributed by atoms with Gasteiger partial charge in [0.25, 0.3) is 0 Å². The van der Waals surface area contributed by atoms with E-state index in [0.29, 0.717) is 13.2 Å². The quantitative estimate of drug-likeness (QED) is 0.697. The highest BCUT2D eigenvalue weighted by molar-refractivity contribution is 5.98. The van der Waals surface area contributed by atoms with E-state index in [1.165, 1.54) is 17.5 Å². The van der Waals surface area contributed by atoms with Crippen molar-refractivity contribution in [3.8, 4) is 11.5 Å². The first-order chi connectivity index (χ1) is 14.7. The Morgan fingerprint density at radius 3 is 2.63 bits per heavy atom. The van der Waals surface area contributed by atoms with Crippen LogP contribution in [-0.4, -0.2) is 36.3 Å². The Morgan fingerprint density at radius 2 is 1.73 bits per heavy atom. The number of ether oxygens (including phenoxy) is 2. The summed E-state index contributed by atoms with van der Waals surface area (Å²) in [6.07, 6.45) is 5.77. The van der Waals surface area contributed by atoms with E-state index in [0.717, 1.165) is 54.9 Å². The van der Waals surface area contributed by atoms with E-state index >= 15 is 0 Å². The van der Waals surface area contributed by atoms with Gasteiger partial charge in [-0.1, -0.05) is 18.2 Å². The van der Waals surface area contributed by atoms with Gasteiger partial charge in [0.05, 0.1) is 6.04 Å². The number of benzene rings is 2. The molecule has 5 heteroatoms. The minimum absolute atomic E-state index is 0.0448. The number of fused-ring (bicyclic) bond motifs is 2. The van der Waals surface area contributed by atoms with Crippen molar-refractivity contribution < 1.29 is 19.1 Å². The molecule has 30 heavy (non-hydrogen) atoms. The highest BCUT2D eigenvalue weighted by atomic mass is 16.6. The molecular formula is C25H27NO4. The molecule has 2 aromatic rings. The van der Waals surface area contributed by atoms with Crippen LogP contribution in [0.1, 0.15) is 65.2 Å². The van der Waals surface area contributed by atoms with E-state index in [1.54, 1.807) is 0 Å². The van der Waals surface area contributed by atoms with Crippen LogP contribution in [0, 0.1) is 0 Å². The Hall–Kier alpha value is -2.82. The van der Waals surface area contributed by atoms with Crippen molar-refractivity contribution in [1.82, 2.24) is 4.90 Å². The van der Waals surface area contributed by atoms with Crippen LogP contribution in [0.25, 0.3) is 0 Å². The molecule has 2 heterocycles. The van der Waals surface area contributed by atoms with Crippen molar-refractivity contribution in [2.24, 2.45) is 0 Å². The van der Waals surface area contributed by atoms with E-state index in [1.807, 2.05) is 35.2 Å². The smallest absolute Gasteiger partial charge is 0.223 e. The van der Waals surface area contributed by atoms with Crippen molar-refractivity contribution in [2.45, 2.75) is 51.0 Å². The number of hydrogen-bond donors (Lipinski definition) is 0. The molecule has 0 spiro atoms. The third-order valence-corrected chi connectivity index (χ3v) is 6.51. The SMILES string of the molecule is O=C(CCC(=O)N1CCC[C@@H]1c1ccc2c(c1)OCCO2)c1ccc2c(c1)CCC2. The summed E-state index contributed by atoms with van der Waals surface area (Å²) in [6, 6.07) is 12.0. The number of ketones is 1. The molecule has 5 nitrogen and oxygen atoms in total. The molecule has 1 fully saturated rings. The fourth-order valence-corrected chi connectivity index (χ4v) is 4.93. The average Bonchev–Trinajstić information content (AvgIpc) is 3.46. The maximum Gasteiger partial charge on any atom is 0.223 e. The van der Waals surface area contributed by atoms with Crippen LogP contribution in [0.2, 0.25) is 0 Å². The second-order valence-electron chi connectivity index (χ2n) is 8.41. The Balaban J connectivity index is 1.24. The van der Waals surface area contributed by atoms with Crippen LogP contribution in [-0.2, 0) is 17.6 Å². The van der Waals surface area contributed by atoms with Crippen LogP contribution in [0.3, 0.4) is 0 Å². The molecule has 1 atom stereocenters. The van der Waals surface area contributed by atoms with E-state index in [2.05, 4.69) is 6.07 Å². The zero-order chi connectivity index (χ0) is 20.5. The van der Waals surface area contributed by atoms with E-state index in [-0.39, 0.29) is 30.6 Å². The Kier molecular flexibility index (Phi) is 5.19. The number of rotatable bonds is 5. The van der Waals surface area contributed by atoms with Crippen LogP contribution in [0.4, 0.5) is 0 Å². The minimum atomic E-state index is 0.0448. The Bertz CT molecular complexity index is 983. The maximum absolute atomic E-state index is 13.0. The fourth-order valence-electron chi connectivity index (χ4n) is 4.93. The summed E-state index contributed by atoms with van der Waals surface area (Å²) in [6.45, 7) is 1.86. The lowest BCUT2D eigenvalue weighted by Gasteiger charge is -2.26. The minimum Gasteiger partial charge on any atom is -0.486 e. The lowest BCUT2D eigenvalue weighted by molar-refractivity contribution is -0.132. The van der Waals surface area contributed by atoms with Crippen molar-refractivity contribution in [3.63, 3.8) is 0 Å². The van der Waals surface area contributed by atoms with Crippen molar-refractivity contribution in [1.29, 1.82) is 0 Å². The van der Waals surface area contributed by atoms with Crippen LogP contribution >= 0.6 is 0 Å².